The van der Waals surface area contributed by atoms with Gasteiger partial charge in [0.2, 0.25) is 0 Å². The van der Waals surface area contributed by atoms with Crippen molar-refractivity contribution < 1.29 is 32.6 Å². The minimum atomic E-state index is -2.97. The van der Waals surface area contributed by atoms with Gasteiger partial charge in [-0.2, -0.15) is 8.78 Å². The van der Waals surface area contributed by atoms with E-state index in [2.05, 4.69) is 4.74 Å². The molecule has 1 amide bonds. The quantitative estimate of drug-likeness (QED) is 0.504. The first kappa shape index (κ1) is 20.8. The van der Waals surface area contributed by atoms with E-state index in [1.807, 2.05) is 11.4 Å². The summed E-state index contributed by atoms with van der Waals surface area (Å²) in [5.74, 6) is -0.936. The molecule has 1 aliphatic rings. The van der Waals surface area contributed by atoms with Crippen molar-refractivity contribution >= 4 is 29.3 Å². The molecule has 2 heterocycles. The molecule has 9 heteroatoms. The van der Waals surface area contributed by atoms with Crippen molar-refractivity contribution in [3.63, 3.8) is 0 Å². The third-order valence-electron chi connectivity index (χ3n) is 4.31. The number of methoxy groups -OCH3 is 1. The summed E-state index contributed by atoms with van der Waals surface area (Å²) in [6.07, 6.45) is 3.39. The zero-order chi connectivity index (χ0) is 20.8. The van der Waals surface area contributed by atoms with E-state index < -0.39 is 12.6 Å². The second-order valence-electron chi connectivity index (χ2n) is 6.16. The molecule has 29 heavy (non-hydrogen) atoms. The van der Waals surface area contributed by atoms with Gasteiger partial charge in [-0.05, 0) is 47.2 Å². The Morgan fingerprint density at radius 3 is 2.86 bits per heavy atom. The number of rotatable bonds is 7. The first-order chi connectivity index (χ1) is 14.0. The second-order valence-corrected chi connectivity index (χ2v) is 7.16. The third-order valence-corrected chi connectivity index (χ3v) is 5.34. The number of esters is 1. The van der Waals surface area contributed by atoms with Crippen LogP contribution in [0.15, 0.2) is 35.7 Å². The minimum Gasteiger partial charge on any atom is -0.493 e. The van der Waals surface area contributed by atoms with Crippen molar-refractivity contribution in [3.8, 4) is 11.5 Å². The van der Waals surface area contributed by atoms with Crippen LogP contribution in [0.25, 0.3) is 6.08 Å². The van der Waals surface area contributed by atoms with Crippen molar-refractivity contribution in [1.82, 2.24) is 4.90 Å². The van der Waals surface area contributed by atoms with Gasteiger partial charge >= 0.3 is 12.6 Å². The molecule has 6 nitrogen and oxygen atoms in total. The molecule has 0 saturated heterocycles. The zero-order valence-corrected chi connectivity index (χ0v) is 16.4. The van der Waals surface area contributed by atoms with Crippen LogP contribution in [-0.2, 0) is 27.3 Å². The van der Waals surface area contributed by atoms with Crippen molar-refractivity contribution in [3.05, 3.63) is 51.7 Å². The summed E-state index contributed by atoms with van der Waals surface area (Å²) < 4.78 is 39.1. The minimum absolute atomic E-state index is 0.105. The van der Waals surface area contributed by atoms with Crippen LogP contribution in [0.2, 0.25) is 0 Å². The smallest absolute Gasteiger partial charge is 0.387 e. The van der Waals surface area contributed by atoms with Crippen LogP contribution in [-0.4, -0.2) is 43.6 Å². The number of alkyl halides is 2. The fourth-order valence-corrected chi connectivity index (χ4v) is 3.77. The first-order valence-electron chi connectivity index (χ1n) is 8.77. The van der Waals surface area contributed by atoms with Gasteiger partial charge in [0, 0.05) is 24.0 Å². The van der Waals surface area contributed by atoms with Crippen molar-refractivity contribution in [2.45, 2.75) is 19.6 Å². The third kappa shape index (κ3) is 5.54. The number of thiophene rings is 1. The van der Waals surface area contributed by atoms with E-state index in [9.17, 15) is 18.4 Å². The normalized spacial score (nSPS) is 13.4. The summed E-state index contributed by atoms with van der Waals surface area (Å²) in [7, 11) is 1.32. The maximum Gasteiger partial charge on any atom is 0.387 e. The number of carbonyl (C=O) groups excluding carboxylic acids is 2. The van der Waals surface area contributed by atoms with Crippen molar-refractivity contribution in [2.24, 2.45) is 0 Å². The Hall–Kier alpha value is -2.94. The summed E-state index contributed by atoms with van der Waals surface area (Å²) >= 11 is 1.68. The van der Waals surface area contributed by atoms with Crippen molar-refractivity contribution in [1.29, 1.82) is 0 Å². The lowest BCUT2D eigenvalue weighted by molar-refractivity contribution is -0.148. The highest BCUT2D eigenvalue weighted by Gasteiger charge is 2.22. The molecule has 0 spiro atoms. The SMILES string of the molecule is COc1cc(/C=C/C(=O)OCC(=O)N2CCc3sccc3C2)ccc1OC(F)F. The van der Waals surface area contributed by atoms with E-state index in [0.717, 1.165) is 18.1 Å². The standard InChI is InChI=1S/C20H19F2NO5S/c1-26-16-10-13(2-4-15(16)28-20(21)22)3-5-19(25)27-12-18(24)23-8-6-17-14(11-23)7-9-29-17/h2-5,7,9-10,20H,6,8,11-12H2,1H3/b5-3+. The van der Waals surface area contributed by atoms with Crippen LogP contribution in [0.4, 0.5) is 8.78 Å². The Bertz CT molecular complexity index is 912. The van der Waals surface area contributed by atoms with Gasteiger partial charge in [-0.15, -0.1) is 11.3 Å². The fraction of sp³-hybridized carbons (Fsp3) is 0.300. The predicted octanol–water partition coefficient (Wildman–Crippen LogP) is 3.50. The molecular formula is C20H19F2NO5S. The maximum atomic E-state index is 12.3. The van der Waals surface area contributed by atoms with Gasteiger partial charge in [-0.3, -0.25) is 4.79 Å². The topological polar surface area (TPSA) is 65.1 Å². The summed E-state index contributed by atoms with van der Waals surface area (Å²) in [5, 5.41) is 2.00. The predicted molar refractivity (Wildman–Crippen MR) is 103 cm³/mol. The van der Waals surface area contributed by atoms with E-state index >= 15 is 0 Å². The molecule has 1 aromatic carbocycles. The lowest BCUT2D eigenvalue weighted by Gasteiger charge is -2.26. The summed E-state index contributed by atoms with van der Waals surface area (Å²) in [6.45, 7) is -2.18. The van der Waals surface area contributed by atoms with Gasteiger partial charge in [0.15, 0.2) is 18.1 Å². The molecule has 2 aromatic rings. The molecule has 0 radical (unpaired) electrons. The molecule has 0 atom stereocenters. The maximum absolute atomic E-state index is 12.3. The Kier molecular flexibility index (Phi) is 6.82. The summed E-state index contributed by atoms with van der Waals surface area (Å²) in [6, 6.07) is 6.24. The second kappa shape index (κ2) is 9.51. The van der Waals surface area contributed by atoms with E-state index in [-0.39, 0.29) is 24.0 Å². The van der Waals surface area contributed by atoms with Crippen LogP contribution in [0, 0.1) is 0 Å². The summed E-state index contributed by atoms with van der Waals surface area (Å²) in [4.78, 5) is 27.1. The van der Waals surface area contributed by atoms with Gasteiger partial charge in [0.1, 0.15) is 0 Å². The number of ether oxygens (including phenoxy) is 3. The number of carbonyl (C=O) groups is 2. The van der Waals surface area contributed by atoms with Gasteiger partial charge in [-0.1, -0.05) is 6.07 Å². The highest BCUT2D eigenvalue weighted by atomic mass is 32.1. The Morgan fingerprint density at radius 1 is 1.28 bits per heavy atom. The highest BCUT2D eigenvalue weighted by Crippen LogP contribution is 2.30. The van der Waals surface area contributed by atoms with Crippen LogP contribution in [0.5, 0.6) is 11.5 Å². The van der Waals surface area contributed by atoms with Gasteiger partial charge < -0.3 is 19.1 Å². The number of halogens is 2. The number of hydrogen-bond acceptors (Lipinski definition) is 6. The summed E-state index contributed by atoms with van der Waals surface area (Å²) in [5.41, 5.74) is 1.65. The Balaban J connectivity index is 1.51. The van der Waals surface area contributed by atoms with Gasteiger partial charge in [0.25, 0.3) is 5.91 Å². The van der Waals surface area contributed by atoms with Crippen LogP contribution < -0.4 is 9.47 Å². The monoisotopic (exact) mass is 423 g/mol. The van der Waals surface area contributed by atoms with E-state index in [1.165, 1.54) is 36.3 Å². The van der Waals surface area contributed by atoms with Gasteiger partial charge in [-0.25, -0.2) is 4.79 Å². The fourth-order valence-electron chi connectivity index (χ4n) is 2.88. The van der Waals surface area contributed by atoms with Gasteiger partial charge in [0.05, 0.1) is 7.11 Å². The number of hydrogen-bond donors (Lipinski definition) is 0. The number of fused-ring (bicyclic) bond motifs is 1. The molecule has 1 aliphatic heterocycles. The molecular weight excluding hydrogens is 404 g/mol. The largest absolute Gasteiger partial charge is 0.493 e. The Labute approximate surface area is 170 Å². The molecule has 0 aliphatic carbocycles. The van der Waals surface area contributed by atoms with Crippen molar-refractivity contribution in [2.75, 3.05) is 20.3 Å². The van der Waals surface area contributed by atoms with Crippen LogP contribution in [0.3, 0.4) is 0 Å². The zero-order valence-electron chi connectivity index (χ0n) is 15.6. The first-order valence-corrected chi connectivity index (χ1v) is 9.65. The Morgan fingerprint density at radius 2 is 2.10 bits per heavy atom. The lowest BCUT2D eigenvalue weighted by atomic mass is 10.1. The van der Waals surface area contributed by atoms with E-state index in [0.29, 0.717) is 18.7 Å². The van der Waals surface area contributed by atoms with Crippen LogP contribution >= 0.6 is 11.3 Å². The van der Waals surface area contributed by atoms with E-state index in [4.69, 9.17) is 9.47 Å². The molecule has 0 fully saturated rings. The lowest BCUT2D eigenvalue weighted by Crippen LogP contribution is -2.38. The molecule has 0 unspecified atom stereocenters. The number of benzene rings is 1. The molecule has 1 aromatic heterocycles. The molecule has 0 bridgehead atoms. The molecule has 3 rings (SSSR count). The number of nitrogens with zero attached hydrogens (tertiary/aromatic N) is 1. The number of amides is 1. The molecule has 154 valence electrons. The molecule has 0 N–H and O–H groups in total. The average molecular weight is 423 g/mol. The highest BCUT2D eigenvalue weighted by molar-refractivity contribution is 7.10. The van der Waals surface area contributed by atoms with E-state index in [1.54, 1.807) is 16.2 Å². The van der Waals surface area contributed by atoms with Crippen LogP contribution in [0.1, 0.15) is 16.0 Å². The molecule has 0 saturated carbocycles. The average Bonchev–Trinajstić information content (AvgIpc) is 3.18.